The van der Waals surface area contributed by atoms with E-state index in [0.717, 1.165) is 19.6 Å². The molecule has 3 heteroatoms. The second kappa shape index (κ2) is 6.47. The summed E-state index contributed by atoms with van der Waals surface area (Å²) in [6.07, 6.45) is 6.15. The van der Waals surface area contributed by atoms with Gasteiger partial charge < -0.3 is 14.8 Å². The van der Waals surface area contributed by atoms with E-state index in [1.807, 2.05) is 0 Å². The van der Waals surface area contributed by atoms with Gasteiger partial charge in [0.05, 0.1) is 6.61 Å². The third kappa shape index (κ3) is 3.31. The zero-order valence-electron chi connectivity index (χ0n) is 13.3. The Morgan fingerprint density at radius 3 is 2.81 bits per heavy atom. The molecule has 3 rings (SSSR count). The number of hydrogen-bond acceptors (Lipinski definition) is 3. The maximum Gasteiger partial charge on any atom is 0.106 e. The van der Waals surface area contributed by atoms with Crippen LogP contribution in [0.3, 0.4) is 0 Å². The molecule has 1 heterocycles. The van der Waals surface area contributed by atoms with Crippen LogP contribution in [0.25, 0.3) is 0 Å². The molecule has 116 valence electrons. The molecule has 3 nitrogen and oxygen atoms in total. The average molecular weight is 289 g/mol. The molecule has 1 aliphatic heterocycles. The topological polar surface area (TPSA) is 30.5 Å². The Labute approximate surface area is 128 Å². The van der Waals surface area contributed by atoms with Crippen molar-refractivity contribution in [2.75, 3.05) is 26.9 Å². The van der Waals surface area contributed by atoms with E-state index >= 15 is 0 Å². The molecule has 1 saturated heterocycles. The van der Waals surface area contributed by atoms with E-state index in [-0.39, 0.29) is 5.60 Å². The van der Waals surface area contributed by atoms with E-state index in [1.54, 1.807) is 18.2 Å². The van der Waals surface area contributed by atoms with Crippen molar-refractivity contribution in [3.05, 3.63) is 34.9 Å². The van der Waals surface area contributed by atoms with Crippen LogP contribution in [0.15, 0.2) is 18.2 Å². The maximum atomic E-state index is 5.69. The van der Waals surface area contributed by atoms with Gasteiger partial charge in [-0.15, -0.1) is 0 Å². The van der Waals surface area contributed by atoms with Gasteiger partial charge in [0.25, 0.3) is 0 Å². The summed E-state index contributed by atoms with van der Waals surface area (Å²) in [4.78, 5) is 0. The minimum absolute atomic E-state index is 0.136. The first-order valence-corrected chi connectivity index (χ1v) is 8.20. The number of aryl methyl sites for hydroxylation is 2. The zero-order valence-corrected chi connectivity index (χ0v) is 13.3. The number of nitrogens with one attached hydrogen (secondary N) is 1. The molecule has 2 atom stereocenters. The lowest BCUT2D eigenvalue weighted by atomic mass is 9.89. The molecule has 2 unspecified atom stereocenters. The van der Waals surface area contributed by atoms with Crippen molar-refractivity contribution >= 4 is 0 Å². The summed E-state index contributed by atoms with van der Waals surface area (Å²) in [7, 11) is 1.79. The van der Waals surface area contributed by atoms with Gasteiger partial charge in [-0.3, -0.25) is 0 Å². The Kier molecular flexibility index (Phi) is 4.63. The number of ether oxygens (including phenoxy) is 2. The van der Waals surface area contributed by atoms with E-state index < -0.39 is 0 Å². The molecule has 21 heavy (non-hydrogen) atoms. The van der Waals surface area contributed by atoms with Gasteiger partial charge in [-0.2, -0.15) is 0 Å². The summed E-state index contributed by atoms with van der Waals surface area (Å²) in [6.45, 7) is 4.60. The Morgan fingerprint density at radius 2 is 2.10 bits per heavy atom. The fraction of sp³-hybridized carbons (Fsp3) is 0.667. The van der Waals surface area contributed by atoms with Crippen LogP contribution >= 0.6 is 0 Å². The Balaban J connectivity index is 1.63. The van der Waals surface area contributed by atoms with Crippen LogP contribution in [0, 0.1) is 0 Å². The summed E-state index contributed by atoms with van der Waals surface area (Å²) in [5, 5.41) is 3.63. The number of hydrogen-bond donors (Lipinski definition) is 1. The van der Waals surface area contributed by atoms with Crippen molar-refractivity contribution in [1.82, 2.24) is 5.32 Å². The molecule has 0 saturated carbocycles. The number of benzene rings is 1. The van der Waals surface area contributed by atoms with E-state index in [1.165, 1.54) is 31.2 Å². The molecule has 1 N–H and O–H groups in total. The van der Waals surface area contributed by atoms with E-state index in [4.69, 9.17) is 9.47 Å². The second-order valence-corrected chi connectivity index (χ2v) is 6.53. The smallest absolute Gasteiger partial charge is 0.106 e. The Morgan fingerprint density at radius 1 is 1.29 bits per heavy atom. The molecule has 0 amide bonds. The van der Waals surface area contributed by atoms with Gasteiger partial charge in [-0.25, -0.2) is 0 Å². The van der Waals surface area contributed by atoms with Crippen LogP contribution in [-0.4, -0.2) is 32.5 Å². The third-order valence-electron chi connectivity index (χ3n) is 5.10. The first-order chi connectivity index (χ1) is 10.2. The molecule has 0 radical (unpaired) electrons. The van der Waals surface area contributed by atoms with Gasteiger partial charge >= 0.3 is 0 Å². The molecular formula is C18H27NO2. The minimum atomic E-state index is -0.136. The van der Waals surface area contributed by atoms with Crippen molar-refractivity contribution < 1.29 is 9.47 Å². The normalized spacial score (nSPS) is 26.6. The SMILES string of the molecule is COC1(CNC(C)c2ccc3c(c2)CCCC3)CCOC1. The highest BCUT2D eigenvalue weighted by Crippen LogP contribution is 2.26. The summed E-state index contributed by atoms with van der Waals surface area (Å²) in [5.41, 5.74) is 4.36. The van der Waals surface area contributed by atoms with Crippen molar-refractivity contribution in [3.8, 4) is 0 Å². The highest BCUT2D eigenvalue weighted by molar-refractivity contribution is 5.35. The van der Waals surface area contributed by atoms with Crippen LogP contribution in [0.1, 0.15) is 48.9 Å². The van der Waals surface area contributed by atoms with Crippen LogP contribution in [0.2, 0.25) is 0 Å². The van der Waals surface area contributed by atoms with Crippen molar-refractivity contribution in [1.29, 1.82) is 0 Å². The molecule has 1 aliphatic carbocycles. The van der Waals surface area contributed by atoms with Gasteiger partial charge in [-0.1, -0.05) is 18.2 Å². The number of methoxy groups -OCH3 is 1. The van der Waals surface area contributed by atoms with Gasteiger partial charge in [0.15, 0.2) is 0 Å². The molecule has 0 spiro atoms. The predicted molar refractivity (Wildman–Crippen MR) is 84.7 cm³/mol. The van der Waals surface area contributed by atoms with E-state index in [2.05, 4.69) is 30.4 Å². The highest BCUT2D eigenvalue weighted by Gasteiger charge is 2.34. The maximum absolute atomic E-state index is 5.69. The Bertz CT molecular complexity index is 480. The second-order valence-electron chi connectivity index (χ2n) is 6.53. The number of rotatable bonds is 5. The molecule has 1 aromatic carbocycles. The van der Waals surface area contributed by atoms with Crippen LogP contribution in [0.5, 0.6) is 0 Å². The molecule has 0 aromatic heterocycles. The number of fused-ring (bicyclic) bond motifs is 1. The third-order valence-corrected chi connectivity index (χ3v) is 5.10. The van der Waals surface area contributed by atoms with Gasteiger partial charge in [-0.05, 0) is 49.3 Å². The molecular weight excluding hydrogens is 262 g/mol. The van der Waals surface area contributed by atoms with Gasteiger partial charge in [0.2, 0.25) is 0 Å². The van der Waals surface area contributed by atoms with Crippen molar-refractivity contribution in [3.63, 3.8) is 0 Å². The largest absolute Gasteiger partial charge is 0.378 e. The van der Waals surface area contributed by atoms with Crippen LogP contribution in [0.4, 0.5) is 0 Å². The fourth-order valence-electron chi connectivity index (χ4n) is 3.44. The molecule has 1 aromatic rings. The lowest BCUT2D eigenvalue weighted by Crippen LogP contribution is -2.43. The summed E-state index contributed by atoms with van der Waals surface area (Å²) in [5.74, 6) is 0. The van der Waals surface area contributed by atoms with Gasteiger partial charge in [0.1, 0.15) is 5.60 Å². The van der Waals surface area contributed by atoms with Crippen molar-refractivity contribution in [2.45, 2.75) is 50.7 Å². The first-order valence-electron chi connectivity index (χ1n) is 8.20. The van der Waals surface area contributed by atoms with E-state index in [0.29, 0.717) is 12.6 Å². The first kappa shape index (κ1) is 15.0. The Hall–Kier alpha value is -0.900. The van der Waals surface area contributed by atoms with E-state index in [9.17, 15) is 0 Å². The van der Waals surface area contributed by atoms with Crippen LogP contribution < -0.4 is 5.32 Å². The van der Waals surface area contributed by atoms with Crippen molar-refractivity contribution in [2.24, 2.45) is 0 Å². The lowest BCUT2D eigenvalue weighted by molar-refractivity contribution is -0.0172. The predicted octanol–water partition coefficient (Wildman–Crippen LogP) is 3.02. The molecule has 1 fully saturated rings. The minimum Gasteiger partial charge on any atom is -0.378 e. The molecule has 2 aliphatic rings. The summed E-state index contributed by atoms with van der Waals surface area (Å²) >= 11 is 0. The quantitative estimate of drug-likeness (QED) is 0.904. The van der Waals surface area contributed by atoms with Crippen LogP contribution in [-0.2, 0) is 22.3 Å². The highest BCUT2D eigenvalue weighted by atomic mass is 16.5. The lowest BCUT2D eigenvalue weighted by Gasteiger charge is -2.28. The molecule has 0 bridgehead atoms. The summed E-state index contributed by atoms with van der Waals surface area (Å²) in [6, 6.07) is 7.36. The average Bonchev–Trinajstić information content (AvgIpc) is 3.01. The van der Waals surface area contributed by atoms with Gasteiger partial charge in [0, 0.05) is 32.7 Å². The zero-order chi connectivity index (χ0) is 14.7. The monoisotopic (exact) mass is 289 g/mol. The standard InChI is InChI=1S/C18H27NO2/c1-14(19-12-18(20-2)9-10-21-13-18)16-8-7-15-5-3-4-6-17(15)11-16/h7-8,11,14,19H,3-6,9-10,12-13H2,1-2H3. The summed E-state index contributed by atoms with van der Waals surface area (Å²) < 4.78 is 11.2. The fourth-order valence-corrected chi connectivity index (χ4v) is 3.44.